The van der Waals surface area contributed by atoms with Crippen molar-refractivity contribution in [2.75, 3.05) is 10.7 Å². The molecule has 0 saturated carbocycles. The van der Waals surface area contributed by atoms with E-state index in [9.17, 15) is 14.4 Å². The van der Waals surface area contributed by atoms with E-state index in [1.165, 1.54) is 22.7 Å². The molecule has 0 bridgehead atoms. The molecule has 1 amide bonds. The van der Waals surface area contributed by atoms with Gasteiger partial charge in [-0.2, -0.15) is 0 Å². The summed E-state index contributed by atoms with van der Waals surface area (Å²) in [4.78, 5) is 40.9. The maximum absolute atomic E-state index is 12.1. The number of carbonyl (C=O) groups is 1. The first kappa shape index (κ1) is 12.7. The summed E-state index contributed by atoms with van der Waals surface area (Å²) in [5, 5.41) is -0.235. The van der Waals surface area contributed by atoms with Gasteiger partial charge in [0.15, 0.2) is 0 Å². The van der Waals surface area contributed by atoms with E-state index in [0.29, 0.717) is 5.75 Å². The van der Waals surface area contributed by atoms with Crippen molar-refractivity contribution in [1.82, 2.24) is 9.97 Å². The van der Waals surface area contributed by atoms with Crippen molar-refractivity contribution in [3.8, 4) is 0 Å². The largest absolute Gasteiger partial charge is 0.327 e. The van der Waals surface area contributed by atoms with Crippen LogP contribution in [0.3, 0.4) is 0 Å². The first-order chi connectivity index (χ1) is 9.65. The molecule has 1 aliphatic heterocycles. The third-order valence-electron chi connectivity index (χ3n) is 2.96. The van der Waals surface area contributed by atoms with Crippen molar-refractivity contribution < 1.29 is 4.79 Å². The van der Waals surface area contributed by atoms with Crippen LogP contribution in [0.1, 0.15) is 10.9 Å². The Morgan fingerprint density at radius 2 is 1.85 bits per heavy atom. The zero-order valence-electron chi connectivity index (χ0n) is 10.3. The van der Waals surface area contributed by atoms with Crippen molar-refractivity contribution in [2.45, 2.75) is 5.37 Å². The number of hydrogen-bond acceptors (Lipinski definition) is 4. The average molecular weight is 289 g/mol. The minimum Gasteiger partial charge on any atom is -0.293 e. The van der Waals surface area contributed by atoms with Crippen LogP contribution in [0, 0.1) is 0 Å². The van der Waals surface area contributed by atoms with Crippen LogP contribution < -0.4 is 16.1 Å². The van der Waals surface area contributed by atoms with Gasteiger partial charge in [0, 0.05) is 6.07 Å². The molecule has 1 aromatic heterocycles. The fraction of sp³-hybridized carbons (Fsp3) is 0.154. The highest BCUT2D eigenvalue weighted by molar-refractivity contribution is 8.00. The second kappa shape index (κ2) is 5.01. The summed E-state index contributed by atoms with van der Waals surface area (Å²) in [5.74, 6) is 0.404. The fourth-order valence-electron chi connectivity index (χ4n) is 2.13. The second-order valence-electron chi connectivity index (χ2n) is 4.31. The summed E-state index contributed by atoms with van der Waals surface area (Å²) in [5.41, 5.74) is -0.200. The third-order valence-corrected chi connectivity index (χ3v) is 4.17. The predicted molar refractivity (Wildman–Crippen MR) is 76.8 cm³/mol. The number of hydrogen-bond donors (Lipinski definition) is 2. The normalized spacial score (nSPS) is 18.5. The minimum absolute atomic E-state index is 0.134. The lowest BCUT2D eigenvalue weighted by Gasteiger charge is -2.23. The van der Waals surface area contributed by atoms with E-state index in [-0.39, 0.29) is 17.1 Å². The number of aromatic amines is 2. The van der Waals surface area contributed by atoms with Gasteiger partial charge in [-0.15, -0.1) is 11.8 Å². The number of carbonyl (C=O) groups excluding carboxylic acids is 1. The van der Waals surface area contributed by atoms with Gasteiger partial charge in [-0.3, -0.25) is 24.5 Å². The van der Waals surface area contributed by atoms with Crippen molar-refractivity contribution in [3.05, 3.63) is 62.8 Å². The maximum atomic E-state index is 12.1. The number of nitrogens with zero attached hydrogens (tertiary/aromatic N) is 1. The van der Waals surface area contributed by atoms with Crippen molar-refractivity contribution in [1.29, 1.82) is 0 Å². The molecule has 1 fully saturated rings. The number of thioether (sulfide) groups is 1. The van der Waals surface area contributed by atoms with E-state index in [2.05, 4.69) is 9.97 Å². The lowest BCUT2D eigenvalue weighted by atomic mass is 10.2. The number of benzene rings is 1. The lowest BCUT2D eigenvalue weighted by molar-refractivity contribution is -0.115. The number of amides is 1. The molecular formula is C13H11N3O3S. The Hall–Kier alpha value is -2.28. The van der Waals surface area contributed by atoms with Crippen LogP contribution in [0.25, 0.3) is 0 Å². The van der Waals surface area contributed by atoms with Crippen LogP contribution in [0.2, 0.25) is 0 Å². The molecule has 6 nitrogen and oxygen atoms in total. The Morgan fingerprint density at radius 3 is 2.55 bits per heavy atom. The molecular weight excluding hydrogens is 278 g/mol. The van der Waals surface area contributed by atoms with E-state index in [4.69, 9.17) is 0 Å². The van der Waals surface area contributed by atoms with E-state index >= 15 is 0 Å². The van der Waals surface area contributed by atoms with Gasteiger partial charge in [0.2, 0.25) is 5.91 Å². The van der Waals surface area contributed by atoms with Crippen LogP contribution in [0.4, 0.5) is 5.82 Å². The second-order valence-corrected chi connectivity index (χ2v) is 5.38. The Morgan fingerprint density at radius 1 is 1.10 bits per heavy atom. The smallest absolute Gasteiger partial charge is 0.293 e. The molecule has 1 aromatic carbocycles. The molecule has 3 rings (SSSR count). The van der Waals surface area contributed by atoms with Gasteiger partial charge in [0.1, 0.15) is 11.2 Å². The van der Waals surface area contributed by atoms with Gasteiger partial charge in [-0.25, -0.2) is 4.79 Å². The predicted octanol–water partition coefficient (Wildman–Crippen LogP) is 0.842. The first-order valence-corrected chi connectivity index (χ1v) is 7.02. The number of rotatable bonds is 2. The fourth-order valence-corrected chi connectivity index (χ4v) is 3.30. The molecule has 1 atom stereocenters. The molecule has 0 radical (unpaired) electrons. The molecule has 1 saturated heterocycles. The molecule has 1 unspecified atom stereocenters. The highest BCUT2D eigenvalue weighted by Gasteiger charge is 2.34. The van der Waals surface area contributed by atoms with Gasteiger partial charge in [0.05, 0.1) is 5.75 Å². The quantitative estimate of drug-likeness (QED) is 0.858. The Bertz CT molecular complexity index is 725. The minimum atomic E-state index is -0.621. The summed E-state index contributed by atoms with van der Waals surface area (Å²) in [6.45, 7) is 0. The number of anilines is 1. The van der Waals surface area contributed by atoms with E-state index in [0.717, 1.165) is 5.56 Å². The molecule has 20 heavy (non-hydrogen) atoms. The summed E-state index contributed by atoms with van der Waals surface area (Å²) in [6, 6.07) is 10.7. The van der Waals surface area contributed by atoms with Crippen molar-refractivity contribution >= 4 is 23.5 Å². The van der Waals surface area contributed by atoms with E-state index in [1.807, 2.05) is 30.3 Å². The Labute approximate surface area is 117 Å². The Kier molecular flexibility index (Phi) is 3.19. The Balaban J connectivity index is 2.07. The highest BCUT2D eigenvalue weighted by Crippen LogP contribution is 2.40. The summed E-state index contributed by atoms with van der Waals surface area (Å²) in [6.07, 6.45) is 0. The summed E-state index contributed by atoms with van der Waals surface area (Å²) in [7, 11) is 0. The van der Waals surface area contributed by atoms with Gasteiger partial charge < -0.3 is 0 Å². The van der Waals surface area contributed by atoms with Gasteiger partial charge in [0.25, 0.3) is 5.56 Å². The zero-order valence-corrected chi connectivity index (χ0v) is 11.1. The summed E-state index contributed by atoms with van der Waals surface area (Å²) >= 11 is 1.46. The topological polar surface area (TPSA) is 86.0 Å². The standard InChI is InChI=1S/C13H11N3O3S/c17-10-6-9(14-13(19)15-10)16-11(18)7-20-12(16)8-4-2-1-3-5-8/h1-6,12H,7H2,(H2,14,15,17,19). The van der Waals surface area contributed by atoms with Crippen LogP contribution in [-0.4, -0.2) is 21.6 Å². The molecule has 2 aromatic rings. The maximum Gasteiger partial charge on any atom is 0.327 e. The third kappa shape index (κ3) is 2.27. The summed E-state index contributed by atoms with van der Waals surface area (Å²) < 4.78 is 0. The zero-order chi connectivity index (χ0) is 14.1. The molecule has 1 aliphatic rings. The van der Waals surface area contributed by atoms with E-state index < -0.39 is 11.2 Å². The van der Waals surface area contributed by atoms with Crippen molar-refractivity contribution in [3.63, 3.8) is 0 Å². The number of nitrogens with one attached hydrogen (secondary N) is 2. The average Bonchev–Trinajstić information content (AvgIpc) is 2.80. The van der Waals surface area contributed by atoms with Gasteiger partial charge >= 0.3 is 5.69 Å². The van der Waals surface area contributed by atoms with Crippen LogP contribution in [0.5, 0.6) is 0 Å². The van der Waals surface area contributed by atoms with Crippen LogP contribution in [0.15, 0.2) is 46.0 Å². The molecule has 2 heterocycles. The van der Waals surface area contributed by atoms with Crippen molar-refractivity contribution in [2.24, 2.45) is 0 Å². The van der Waals surface area contributed by atoms with Crippen LogP contribution in [-0.2, 0) is 4.79 Å². The number of aromatic nitrogens is 2. The van der Waals surface area contributed by atoms with Gasteiger partial charge in [-0.05, 0) is 5.56 Å². The van der Waals surface area contributed by atoms with E-state index in [1.54, 1.807) is 0 Å². The number of H-pyrrole nitrogens is 2. The first-order valence-electron chi connectivity index (χ1n) is 5.97. The molecule has 0 spiro atoms. The highest BCUT2D eigenvalue weighted by atomic mass is 32.2. The van der Waals surface area contributed by atoms with Crippen LogP contribution >= 0.6 is 11.8 Å². The molecule has 0 aliphatic carbocycles. The van der Waals surface area contributed by atoms with Gasteiger partial charge in [-0.1, -0.05) is 30.3 Å². The SMILES string of the molecule is O=C1CSC(c2ccccc2)N1c1cc(=O)[nH]c(=O)[nH]1. The lowest BCUT2D eigenvalue weighted by Crippen LogP contribution is -2.33. The molecule has 102 valence electrons. The molecule has 2 N–H and O–H groups in total. The molecule has 7 heteroatoms. The monoisotopic (exact) mass is 289 g/mol.